The number of benzene rings is 2. The number of halogens is 1. The molecule has 0 fully saturated rings. The fourth-order valence-corrected chi connectivity index (χ4v) is 2.38. The maximum Gasteiger partial charge on any atom is 0.276 e. The lowest BCUT2D eigenvalue weighted by molar-refractivity contribution is 0.102. The van der Waals surface area contributed by atoms with E-state index in [0.717, 1.165) is 5.56 Å². The van der Waals surface area contributed by atoms with E-state index in [1.54, 1.807) is 18.2 Å². The van der Waals surface area contributed by atoms with Crippen LogP contribution in [0.2, 0.25) is 5.02 Å². The van der Waals surface area contributed by atoms with Gasteiger partial charge in [-0.15, -0.1) is 0 Å². The summed E-state index contributed by atoms with van der Waals surface area (Å²) in [5.74, 6) is -0.380. The van der Waals surface area contributed by atoms with Crippen LogP contribution in [0.1, 0.15) is 16.1 Å². The van der Waals surface area contributed by atoms with Gasteiger partial charge in [-0.25, -0.2) is 4.68 Å². The van der Waals surface area contributed by atoms with Gasteiger partial charge in [0.05, 0.1) is 6.54 Å². The van der Waals surface area contributed by atoms with Crippen LogP contribution in [0.15, 0.2) is 71.5 Å². The van der Waals surface area contributed by atoms with Crippen LogP contribution in [-0.4, -0.2) is 15.7 Å². The van der Waals surface area contributed by atoms with Gasteiger partial charge < -0.3 is 5.32 Å². The molecule has 0 aliphatic heterocycles. The van der Waals surface area contributed by atoms with Gasteiger partial charge >= 0.3 is 0 Å². The monoisotopic (exact) mass is 339 g/mol. The number of carbonyl (C=O) groups excluding carboxylic acids is 1. The van der Waals surface area contributed by atoms with Crippen LogP contribution >= 0.6 is 11.6 Å². The Morgan fingerprint density at radius 3 is 2.46 bits per heavy atom. The molecule has 0 radical (unpaired) electrons. The molecule has 1 N–H and O–H groups in total. The predicted octanol–water partition coefficient (Wildman–Crippen LogP) is 3.20. The molecule has 1 heterocycles. The van der Waals surface area contributed by atoms with Crippen LogP contribution < -0.4 is 10.9 Å². The van der Waals surface area contributed by atoms with Gasteiger partial charge in [-0.2, -0.15) is 5.10 Å². The molecule has 2 aromatic carbocycles. The van der Waals surface area contributed by atoms with E-state index in [9.17, 15) is 9.59 Å². The molecule has 1 amide bonds. The minimum absolute atomic E-state index is 0.158. The number of carbonyl (C=O) groups is 1. The molecule has 120 valence electrons. The van der Waals surface area contributed by atoms with Crippen LogP contribution in [0.25, 0.3) is 0 Å². The van der Waals surface area contributed by atoms with E-state index >= 15 is 0 Å². The highest BCUT2D eigenvalue weighted by molar-refractivity contribution is 6.31. The number of nitrogens with zero attached hydrogens (tertiary/aromatic N) is 2. The third-order valence-electron chi connectivity index (χ3n) is 3.41. The first-order valence-electron chi connectivity index (χ1n) is 7.31. The summed E-state index contributed by atoms with van der Waals surface area (Å²) in [6, 6.07) is 19.0. The van der Waals surface area contributed by atoms with E-state index in [1.807, 2.05) is 36.4 Å². The molecule has 24 heavy (non-hydrogen) atoms. The van der Waals surface area contributed by atoms with Crippen molar-refractivity contribution >= 4 is 23.2 Å². The molecule has 0 spiro atoms. The quantitative estimate of drug-likeness (QED) is 0.794. The Bertz CT molecular complexity index is 923. The summed E-state index contributed by atoms with van der Waals surface area (Å²) in [6.07, 6.45) is 0. The molecule has 0 saturated heterocycles. The van der Waals surface area contributed by atoms with E-state index in [0.29, 0.717) is 10.7 Å². The van der Waals surface area contributed by atoms with Gasteiger partial charge in [0.2, 0.25) is 0 Å². The van der Waals surface area contributed by atoms with Crippen molar-refractivity contribution in [2.24, 2.45) is 0 Å². The lowest BCUT2D eigenvalue weighted by Gasteiger charge is -2.09. The lowest BCUT2D eigenvalue weighted by Crippen LogP contribution is -2.26. The van der Waals surface area contributed by atoms with Gasteiger partial charge in [0.25, 0.3) is 11.5 Å². The maximum absolute atomic E-state index is 12.3. The molecule has 0 saturated carbocycles. The molecule has 0 unspecified atom stereocenters. The van der Waals surface area contributed by atoms with Gasteiger partial charge in [-0.1, -0.05) is 48.0 Å². The zero-order valence-electron chi connectivity index (χ0n) is 12.6. The molecule has 5 nitrogen and oxygen atoms in total. The van der Waals surface area contributed by atoms with Gasteiger partial charge in [0.15, 0.2) is 0 Å². The number of anilines is 1. The van der Waals surface area contributed by atoms with Crippen molar-refractivity contribution in [2.75, 3.05) is 5.32 Å². The minimum atomic E-state index is -0.380. The van der Waals surface area contributed by atoms with E-state index < -0.39 is 0 Å². The number of hydrogen-bond donors (Lipinski definition) is 1. The smallest absolute Gasteiger partial charge is 0.276 e. The fraction of sp³-hybridized carbons (Fsp3) is 0.0556. The number of aromatic nitrogens is 2. The maximum atomic E-state index is 12.3. The molecule has 0 aliphatic carbocycles. The predicted molar refractivity (Wildman–Crippen MR) is 93.4 cm³/mol. The van der Waals surface area contributed by atoms with Crippen LogP contribution in [0.5, 0.6) is 0 Å². The summed E-state index contributed by atoms with van der Waals surface area (Å²) in [6.45, 7) is 0.199. The number of hydrogen-bond acceptors (Lipinski definition) is 3. The average Bonchev–Trinajstić information content (AvgIpc) is 2.59. The van der Waals surface area contributed by atoms with Crippen molar-refractivity contribution in [3.8, 4) is 0 Å². The highest BCUT2D eigenvalue weighted by Crippen LogP contribution is 2.15. The van der Waals surface area contributed by atoms with E-state index in [-0.39, 0.29) is 23.7 Å². The summed E-state index contributed by atoms with van der Waals surface area (Å²) in [4.78, 5) is 24.3. The van der Waals surface area contributed by atoms with Gasteiger partial charge in [0, 0.05) is 16.8 Å². The van der Waals surface area contributed by atoms with Gasteiger partial charge in [-0.3, -0.25) is 9.59 Å². The van der Waals surface area contributed by atoms with Gasteiger partial charge in [0.1, 0.15) is 5.69 Å². The molecule has 0 aliphatic rings. The van der Waals surface area contributed by atoms with Crippen molar-refractivity contribution in [3.05, 3.63) is 93.4 Å². The van der Waals surface area contributed by atoms with Crippen LogP contribution in [-0.2, 0) is 6.54 Å². The van der Waals surface area contributed by atoms with Crippen molar-refractivity contribution in [1.29, 1.82) is 0 Å². The highest BCUT2D eigenvalue weighted by Gasteiger charge is 2.11. The fourth-order valence-electron chi connectivity index (χ4n) is 2.19. The van der Waals surface area contributed by atoms with Crippen LogP contribution in [0.3, 0.4) is 0 Å². The molecule has 3 rings (SSSR count). The summed E-state index contributed by atoms with van der Waals surface area (Å²) in [5, 5.41) is 7.42. The topological polar surface area (TPSA) is 64.0 Å². The third kappa shape index (κ3) is 3.70. The SMILES string of the molecule is O=C(Nc1ccccc1)c1ccc(=O)n(Cc2ccccc2Cl)n1. The zero-order chi connectivity index (χ0) is 16.9. The minimum Gasteiger partial charge on any atom is -0.321 e. The molecule has 0 bridgehead atoms. The van der Waals surface area contributed by atoms with Crippen LogP contribution in [0.4, 0.5) is 5.69 Å². The first-order valence-corrected chi connectivity index (χ1v) is 7.69. The van der Waals surface area contributed by atoms with Gasteiger partial charge in [-0.05, 0) is 29.8 Å². The average molecular weight is 340 g/mol. The zero-order valence-corrected chi connectivity index (χ0v) is 13.4. The van der Waals surface area contributed by atoms with Crippen molar-refractivity contribution in [2.45, 2.75) is 6.54 Å². The highest BCUT2D eigenvalue weighted by atomic mass is 35.5. The first kappa shape index (κ1) is 16.0. The van der Waals surface area contributed by atoms with Crippen LogP contribution in [0, 0.1) is 0 Å². The lowest BCUT2D eigenvalue weighted by atomic mass is 10.2. The third-order valence-corrected chi connectivity index (χ3v) is 3.78. The Morgan fingerprint density at radius 1 is 1.00 bits per heavy atom. The second kappa shape index (κ2) is 7.10. The second-order valence-corrected chi connectivity index (χ2v) is 5.53. The summed E-state index contributed by atoms with van der Waals surface area (Å²) in [5.41, 5.74) is 1.28. The summed E-state index contributed by atoms with van der Waals surface area (Å²) >= 11 is 6.11. The number of nitrogens with one attached hydrogen (secondary N) is 1. The Kier molecular flexibility index (Phi) is 4.72. The Hall–Kier alpha value is -2.92. The largest absolute Gasteiger partial charge is 0.321 e. The van der Waals surface area contributed by atoms with Crippen molar-refractivity contribution < 1.29 is 4.79 Å². The number of para-hydroxylation sites is 1. The molecule has 3 aromatic rings. The number of amides is 1. The Balaban J connectivity index is 1.85. The summed E-state index contributed by atoms with van der Waals surface area (Å²) in [7, 11) is 0. The standard InChI is InChI=1S/C18H14ClN3O2/c19-15-9-5-4-6-13(15)12-22-17(23)11-10-16(21-22)18(24)20-14-7-2-1-3-8-14/h1-11H,12H2,(H,20,24). The molecule has 1 aromatic heterocycles. The molecule has 0 atom stereocenters. The Labute approximate surface area is 143 Å². The second-order valence-electron chi connectivity index (χ2n) is 5.13. The molecule has 6 heteroatoms. The van der Waals surface area contributed by atoms with Crippen molar-refractivity contribution in [3.63, 3.8) is 0 Å². The Morgan fingerprint density at radius 2 is 1.71 bits per heavy atom. The van der Waals surface area contributed by atoms with E-state index in [2.05, 4.69) is 10.4 Å². The summed E-state index contributed by atoms with van der Waals surface area (Å²) < 4.78 is 1.22. The van der Waals surface area contributed by atoms with E-state index in [1.165, 1.54) is 16.8 Å². The number of rotatable bonds is 4. The first-order chi connectivity index (χ1) is 11.6. The molecular weight excluding hydrogens is 326 g/mol. The van der Waals surface area contributed by atoms with Crippen molar-refractivity contribution in [1.82, 2.24) is 9.78 Å². The molecular formula is C18H14ClN3O2. The van der Waals surface area contributed by atoms with E-state index in [4.69, 9.17) is 11.6 Å². The normalized spacial score (nSPS) is 10.4.